The third-order valence-corrected chi connectivity index (χ3v) is 21.4. The predicted octanol–water partition coefficient (Wildman–Crippen LogP) is 10.6. The van der Waals surface area contributed by atoms with Crippen LogP contribution in [0, 0.1) is 6.92 Å². The number of nitrogens with zero attached hydrogens (tertiary/aromatic N) is 2. The molecular formula is C62H64N2O12SSi. The van der Waals surface area contributed by atoms with Crippen molar-refractivity contribution >= 4 is 43.7 Å². The lowest BCUT2D eigenvalue weighted by Crippen LogP contribution is -2.72. The zero-order chi connectivity index (χ0) is 54.3. The van der Waals surface area contributed by atoms with Crippen molar-refractivity contribution in [2.45, 2.75) is 131 Å². The number of benzene rings is 6. The molecule has 0 saturated carbocycles. The molecule has 404 valence electrons. The van der Waals surface area contributed by atoms with Crippen LogP contribution in [0.3, 0.4) is 0 Å². The molecule has 0 aromatic heterocycles. The van der Waals surface area contributed by atoms with E-state index in [9.17, 15) is 9.59 Å². The van der Waals surface area contributed by atoms with Gasteiger partial charge in [0.25, 0.3) is 23.6 Å². The predicted molar refractivity (Wildman–Crippen MR) is 294 cm³/mol. The molecule has 5 heterocycles. The van der Waals surface area contributed by atoms with Gasteiger partial charge in [0.15, 0.2) is 20.9 Å². The lowest BCUT2D eigenvalue weighted by atomic mass is 9.93. The van der Waals surface area contributed by atoms with Crippen LogP contribution in [0.5, 0.6) is 0 Å². The number of ether oxygens (including phenoxy) is 7. The topological polar surface area (TPSA) is 149 Å². The number of hydrogen-bond donors (Lipinski definition) is 0. The average molecular weight is 1090 g/mol. The Labute approximate surface area is 460 Å². The minimum Gasteiger partial charge on any atom is -0.409 e. The number of amides is 4. The Kier molecular flexibility index (Phi) is 15.6. The van der Waals surface area contributed by atoms with E-state index in [1.54, 1.807) is 48.5 Å². The van der Waals surface area contributed by atoms with E-state index >= 15 is 9.59 Å². The highest BCUT2D eigenvalue weighted by Gasteiger charge is 2.62. The minimum atomic E-state index is -2.86. The highest BCUT2D eigenvalue weighted by Crippen LogP contribution is 2.47. The fourth-order valence-electron chi connectivity index (χ4n) is 10.6. The summed E-state index contributed by atoms with van der Waals surface area (Å²) in [5.41, 5.74) is 3.55. The summed E-state index contributed by atoms with van der Waals surface area (Å²) in [6.45, 7) is 12.8. The fourth-order valence-corrected chi connectivity index (χ4v) is 13.1. The summed E-state index contributed by atoms with van der Waals surface area (Å²) in [5.74, 6) is -2.13. The Morgan fingerprint density at radius 2 is 1.10 bits per heavy atom. The third-order valence-electron chi connectivity index (χ3n) is 15.7. The second kappa shape index (κ2) is 22.5. The fraction of sp³-hybridized carbons (Fsp3) is 0.355. The largest absolute Gasteiger partial charge is 0.409 e. The van der Waals surface area contributed by atoms with Gasteiger partial charge in [-0.2, -0.15) is 0 Å². The van der Waals surface area contributed by atoms with Crippen LogP contribution < -0.4 is 0 Å². The molecular weight excluding hydrogens is 1020 g/mol. The van der Waals surface area contributed by atoms with Gasteiger partial charge in [0.1, 0.15) is 48.0 Å². The first-order chi connectivity index (χ1) is 37.6. The van der Waals surface area contributed by atoms with E-state index in [0.717, 1.165) is 27.1 Å². The third kappa shape index (κ3) is 10.7. The molecule has 11 rings (SSSR count). The Morgan fingerprint density at radius 3 is 1.65 bits per heavy atom. The molecule has 0 bridgehead atoms. The van der Waals surface area contributed by atoms with Gasteiger partial charge in [-0.05, 0) is 72.6 Å². The Bertz CT molecular complexity index is 3060. The number of carbonyl (C=O) groups excluding carboxylic acids is 4. The van der Waals surface area contributed by atoms with Crippen molar-refractivity contribution in [1.82, 2.24) is 9.80 Å². The van der Waals surface area contributed by atoms with Gasteiger partial charge in [-0.15, -0.1) is 0 Å². The zero-order valence-electron chi connectivity index (χ0n) is 44.5. The molecule has 3 fully saturated rings. The van der Waals surface area contributed by atoms with Gasteiger partial charge in [0, 0.05) is 10.5 Å². The maximum absolute atomic E-state index is 15.1. The van der Waals surface area contributed by atoms with Gasteiger partial charge in [0.2, 0.25) is 0 Å². The molecule has 4 amide bonds. The molecule has 0 aliphatic carbocycles. The van der Waals surface area contributed by atoms with E-state index in [1.165, 1.54) is 21.6 Å². The molecule has 5 aliphatic rings. The molecule has 3 saturated heterocycles. The van der Waals surface area contributed by atoms with Crippen molar-refractivity contribution in [2.24, 2.45) is 0 Å². The standard InChI is InChI=1S/C62H64N2O12SSi/c1-38-30-32-42(33-31-38)77-61-50(64-57(67)45-28-18-19-29-46(45)58(64)68)53(70-35-40-22-12-8-13-23-40)51(47(73-61)36-69-34-39-20-10-7-11-21-39)75-60-49(63-55(65)43-26-16-17-27-44(43)56(63)66)54(76-78(5,6)62(2,3)4)52-48(72-60)37-71-59(74-52)41-24-14-9-15-25-41/h7-33,47-54,59-61H,34-37H2,1-6H3/t47-,48-,49-,50-,51-,52-,53-,54-,59-,60+,61+/m1/s1. The first kappa shape index (κ1) is 53.8. The molecule has 5 aliphatic heterocycles. The van der Waals surface area contributed by atoms with Crippen molar-refractivity contribution in [2.75, 3.05) is 13.2 Å². The molecule has 0 radical (unpaired) electrons. The minimum absolute atomic E-state index is 0.0297. The van der Waals surface area contributed by atoms with Crippen LogP contribution >= 0.6 is 11.8 Å². The highest BCUT2D eigenvalue weighted by atomic mass is 32.2. The lowest BCUT2D eigenvalue weighted by molar-refractivity contribution is -0.364. The van der Waals surface area contributed by atoms with Crippen LogP contribution in [-0.4, -0.2) is 115 Å². The van der Waals surface area contributed by atoms with Crippen LogP contribution in [0.4, 0.5) is 0 Å². The summed E-state index contributed by atoms with van der Waals surface area (Å²) in [4.78, 5) is 63.5. The summed E-state index contributed by atoms with van der Waals surface area (Å²) in [5, 5.41) is -0.355. The number of imide groups is 2. The molecule has 6 aromatic rings. The smallest absolute Gasteiger partial charge is 0.262 e. The first-order valence-electron chi connectivity index (χ1n) is 26.6. The van der Waals surface area contributed by atoms with E-state index in [-0.39, 0.29) is 53.7 Å². The van der Waals surface area contributed by atoms with Gasteiger partial charge in [0.05, 0.1) is 54.8 Å². The second-order valence-electron chi connectivity index (χ2n) is 21.9. The lowest BCUT2D eigenvalue weighted by Gasteiger charge is -2.55. The number of hydrogen-bond acceptors (Lipinski definition) is 13. The first-order valence-corrected chi connectivity index (χ1v) is 30.3. The van der Waals surface area contributed by atoms with Gasteiger partial charge in [-0.25, -0.2) is 0 Å². The van der Waals surface area contributed by atoms with Crippen molar-refractivity contribution in [1.29, 1.82) is 0 Å². The van der Waals surface area contributed by atoms with Gasteiger partial charge in [-0.1, -0.05) is 165 Å². The monoisotopic (exact) mass is 1090 g/mol. The Morgan fingerprint density at radius 1 is 0.590 bits per heavy atom. The molecule has 0 spiro atoms. The maximum atomic E-state index is 15.1. The number of thioether (sulfide) groups is 1. The summed E-state index contributed by atoms with van der Waals surface area (Å²) in [6, 6.07) is 47.9. The summed E-state index contributed by atoms with van der Waals surface area (Å²) < 4.78 is 56.8. The highest BCUT2D eigenvalue weighted by molar-refractivity contribution is 7.99. The van der Waals surface area contributed by atoms with Crippen molar-refractivity contribution in [3.8, 4) is 0 Å². The van der Waals surface area contributed by atoms with E-state index in [0.29, 0.717) is 0 Å². The zero-order valence-corrected chi connectivity index (χ0v) is 46.3. The molecule has 0 unspecified atom stereocenters. The van der Waals surface area contributed by atoms with Crippen molar-refractivity contribution in [3.05, 3.63) is 208 Å². The van der Waals surface area contributed by atoms with Crippen LogP contribution in [0.25, 0.3) is 0 Å². The van der Waals surface area contributed by atoms with E-state index in [4.69, 9.17) is 37.6 Å². The molecule has 16 heteroatoms. The molecule has 78 heavy (non-hydrogen) atoms. The van der Waals surface area contributed by atoms with Crippen LogP contribution in [-0.2, 0) is 50.8 Å². The molecule has 0 N–H and O–H groups in total. The number of aryl methyl sites for hydroxylation is 1. The van der Waals surface area contributed by atoms with Gasteiger partial charge in [-0.3, -0.25) is 29.0 Å². The van der Waals surface area contributed by atoms with Gasteiger partial charge >= 0.3 is 0 Å². The summed E-state index contributed by atoms with van der Waals surface area (Å²) in [7, 11) is -2.86. The van der Waals surface area contributed by atoms with Crippen molar-refractivity contribution in [3.63, 3.8) is 0 Å². The summed E-state index contributed by atoms with van der Waals surface area (Å²) >= 11 is 1.36. The van der Waals surface area contributed by atoms with Crippen LogP contribution in [0.15, 0.2) is 169 Å². The Hall–Kier alpha value is -6.15. The quantitative estimate of drug-likeness (QED) is 0.0669. The number of fused-ring (bicyclic) bond motifs is 3. The van der Waals surface area contributed by atoms with Crippen LogP contribution in [0.1, 0.15) is 90.7 Å². The second-order valence-corrected chi connectivity index (χ2v) is 27.9. The Balaban J connectivity index is 1.07. The van der Waals surface area contributed by atoms with Crippen LogP contribution in [0.2, 0.25) is 18.1 Å². The maximum Gasteiger partial charge on any atom is 0.262 e. The van der Waals surface area contributed by atoms with E-state index in [1.807, 2.05) is 122 Å². The van der Waals surface area contributed by atoms with Gasteiger partial charge < -0.3 is 37.6 Å². The molecule has 14 nitrogen and oxygen atoms in total. The molecule has 11 atom stereocenters. The molecule has 6 aromatic carbocycles. The number of rotatable bonds is 16. The summed E-state index contributed by atoms with van der Waals surface area (Å²) in [6.07, 6.45) is -8.47. The normalized spacial score (nSPS) is 27.2. The number of carbonyl (C=O) groups is 4. The SMILES string of the molecule is Cc1ccc(S[C@@H]2O[C@H](COCc3ccccc3)[C@@H](O[C@@H]3O[C@@H]4CO[C@@H](c5ccccc5)O[C@H]4[C@H](O[Si](C)(C)C(C)(C)C)[C@H]3N3C(=O)c4ccccc4C3=O)[C@H](OCc3ccccc3)[C@H]2N2C(=O)c3ccccc3C2=O)cc1. The van der Waals surface area contributed by atoms with Crippen molar-refractivity contribution < 1.29 is 56.8 Å². The van der Waals surface area contributed by atoms with E-state index < -0.39 is 98.7 Å². The average Bonchev–Trinajstić information content (AvgIpc) is 4.08. The van der Waals surface area contributed by atoms with E-state index in [2.05, 4.69) is 33.9 Å².